The number of rotatable bonds is 4. The van der Waals surface area contributed by atoms with Gasteiger partial charge >= 0.3 is 0 Å². The van der Waals surface area contributed by atoms with Gasteiger partial charge in [0.05, 0.1) is 6.10 Å². The molecule has 1 saturated heterocycles. The van der Waals surface area contributed by atoms with Crippen LogP contribution < -0.4 is 5.32 Å². The zero-order chi connectivity index (χ0) is 14.0. The number of carbonyl (C=O) groups is 1. The summed E-state index contributed by atoms with van der Waals surface area (Å²) in [5, 5.41) is 3.02. The minimum absolute atomic E-state index is 0.0153. The van der Waals surface area contributed by atoms with E-state index in [1.165, 1.54) is 0 Å². The van der Waals surface area contributed by atoms with E-state index in [0.717, 1.165) is 17.5 Å². The number of nitrogens with one attached hydrogen (secondary N) is 1. The highest BCUT2D eigenvalue weighted by atomic mass is 79.9. The molecule has 1 aliphatic rings. The minimum Gasteiger partial charge on any atom is -0.378 e. The van der Waals surface area contributed by atoms with Gasteiger partial charge in [-0.05, 0) is 49.2 Å². The summed E-state index contributed by atoms with van der Waals surface area (Å²) in [5.41, 5.74) is 0.702. The van der Waals surface area contributed by atoms with Gasteiger partial charge in [0.25, 0.3) is 5.91 Å². The average molecular weight is 329 g/mol. The molecule has 1 fully saturated rings. The third kappa shape index (κ3) is 3.39. The van der Waals surface area contributed by atoms with Crippen LogP contribution in [0.3, 0.4) is 0 Å². The lowest BCUT2D eigenvalue weighted by atomic mass is 10.0. The van der Waals surface area contributed by atoms with E-state index in [1.54, 1.807) is 0 Å². The molecule has 1 aromatic rings. The molecule has 2 atom stereocenters. The summed E-state index contributed by atoms with van der Waals surface area (Å²) in [4.78, 5) is 12.3. The Balaban J connectivity index is 1.99. The van der Waals surface area contributed by atoms with Crippen molar-refractivity contribution in [3.63, 3.8) is 0 Å². The molecule has 5 heteroatoms. The van der Waals surface area contributed by atoms with Gasteiger partial charge in [-0.15, -0.1) is 0 Å². The lowest BCUT2D eigenvalue weighted by molar-refractivity contribution is 0.0898. The second kappa shape index (κ2) is 6.09. The molecule has 106 valence electrons. The van der Waals surface area contributed by atoms with Crippen molar-refractivity contribution in [2.45, 2.75) is 39.3 Å². The molecule has 0 saturated carbocycles. The van der Waals surface area contributed by atoms with E-state index in [9.17, 15) is 4.79 Å². The highest BCUT2D eigenvalue weighted by Gasteiger charge is 2.25. The molecule has 1 aliphatic heterocycles. The Morgan fingerprint density at radius 1 is 1.63 bits per heavy atom. The number of amides is 1. The Bertz CT molecular complexity index is 456. The minimum atomic E-state index is -0.0153. The third-order valence-electron chi connectivity index (χ3n) is 3.66. The van der Waals surface area contributed by atoms with Gasteiger partial charge < -0.3 is 14.6 Å². The number of halogens is 1. The molecule has 0 aliphatic carbocycles. The Morgan fingerprint density at radius 2 is 2.37 bits per heavy atom. The molecule has 0 aromatic carbocycles. The average Bonchev–Trinajstić information content (AvgIpc) is 2.92. The fourth-order valence-corrected chi connectivity index (χ4v) is 2.85. The summed E-state index contributed by atoms with van der Waals surface area (Å²) >= 11 is 3.43. The topological polar surface area (TPSA) is 43.3 Å². The molecule has 2 heterocycles. The van der Waals surface area contributed by atoms with Crippen molar-refractivity contribution in [2.24, 2.45) is 5.92 Å². The summed E-state index contributed by atoms with van der Waals surface area (Å²) < 4.78 is 8.42. The maximum absolute atomic E-state index is 12.3. The predicted molar refractivity (Wildman–Crippen MR) is 78.4 cm³/mol. The summed E-state index contributed by atoms with van der Waals surface area (Å²) in [7, 11) is 0. The summed E-state index contributed by atoms with van der Waals surface area (Å²) in [6.45, 7) is 7.68. The van der Waals surface area contributed by atoms with Gasteiger partial charge in [0, 0.05) is 35.8 Å². The van der Waals surface area contributed by atoms with E-state index in [-0.39, 0.29) is 18.1 Å². The second-order valence-electron chi connectivity index (χ2n) is 5.38. The molecule has 0 radical (unpaired) electrons. The van der Waals surface area contributed by atoms with Crippen LogP contribution in [0.2, 0.25) is 0 Å². The van der Waals surface area contributed by atoms with Crippen molar-refractivity contribution in [2.75, 3.05) is 13.2 Å². The molecule has 2 unspecified atom stereocenters. The number of carbonyl (C=O) groups excluding carboxylic acids is 1. The van der Waals surface area contributed by atoms with Crippen molar-refractivity contribution < 1.29 is 9.53 Å². The van der Waals surface area contributed by atoms with Gasteiger partial charge in [-0.25, -0.2) is 0 Å². The number of ether oxygens (including phenoxy) is 1. The molecular formula is C14H21BrN2O2. The normalized spacial score (nSPS) is 23.0. The number of nitrogens with zero attached hydrogens (tertiary/aromatic N) is 1. The standard InChI is InChI=1S/C14H21BrN2O2/c1-9(2)17-8-12(15)6-13(17)14(18)16-7-11-4-5-19-10(11)3/h6,8-11H,4-5,7H2,1-3H3,(H,16,18). The van der Waals surface area contributed by atoms with E-state index >= 15 is 0 Å². The van der Waals surface area contributed by atoms with E-state index in [1.807, 2.05) is 16.8 Å². The molecule has 1 amide bonds. The fraction of sp³-hybridized carbons (Fsp3) is 0.643. The highest BCUT2D eigenvalue weighted by Crippen LogP contribution is 2.21. The Morgan fingerprint density at radius 3 is 2.95 bits per heavy atom. The first-order chi connectivity index (χ1) is 8.99. The quantitative estimate of drug-likeness (QED) is 0.923. The second-order valence-corrected chi connectivity index (χ2v) is 6.29. The van der Waals surface area contributed by atoms with Gasteiger partial charge in [0.15, 0.2) is 0 Å². The first-order valence-electron chi connectivity index (χ1n) is 6.76. The van der Waals surface area contributed by atoms with Gasteiger partial charge in [-0.3, -0.25) is 4.79 Å². The summed E-state index contributed by atoms with van der Waals surface area (Å²) in [6, 6.07) is 2.13. The van der Waals surface area contributed by atoms with Crippen LogP contribution in [0.5, 0.6) is 0 Å². The molecule has 1 aromatic heterocycles. The van der Waals surface area contributed by atoms with Crippen molar-refractivity contribution in [1.29, 1.82) is 0 Å². The maximum atomic E-state index is 12.3. The summed E-state index contributed by atoms with van der Waals surface area (Å²) in [6.07, 6.45) is 3.21. The van der Waals surface area contributed by atoms with Crippen LogP contribution in [0.15, 0.2) is 16.7 Å². The Kier molecular flexibility index (Phi) is 4.68. The van der Waals surface area contributed by atoms with Crippen LogP contribution in [0.1, 0.15) is 43.7 Å². The maximum Gasteiger partial charge on any atom is 0.267 e. The van der Waals surface area contributed by atoms with E-state index in [0.29, 0.717) is 18.2 Å². The van der Waals surface area contributed by atoms with Gasteiger partial charge in [-0.1, -0.05) is 0 Å². The van der Waals surface area contributed by atoms with Gasteiger partial charge in [0.1, 0.15) is 5.69 Å². The molecule has 19 heavy (non-hydrogen) atoms. The number of hydrogen-bond acceptors (Lipinski definition) is 2. The van der Waals surface area contributed by atoms with Crippen molar-refractivity contribution >= 4 is 21.8 Å². The fourth-order valence-electron chi connectivity index (χ4n) is 2.41. The van der Waals surface area contributed by atoms with E-state index in [4.69, 9.17) is 4.74 Å². The molecule has 1 N–H and O–H groups in total. The molecule has 0 bridgehead atoms. The van der Waals surface area contributed by atoms with E-state index < -0.39 is 0 Å². The first-order valence-corrected chi connectivity index (χ1v) is 7.55. The highest BCUT2D eigenvalue weighted by molar-refractivity contribution is 9.10. The molecule has 4 nitrogen and oxygen atoms in total. The van der Waals surface area contributed by atoms with Crippen LogP contribution in [-0.4, -0.2) is 29.7 Å². The monoisotopic (exact) mass is 328 g/mol. The Labute approximate surface area is 122 Å². The van der Waals surface area contributed by atoms with Gasteiger partial charge in [-0.2, -0.15) is 0 Å². The summed E-state index contributed by atoms with van der Waals surface area (Å²) in [5.74, 6) is 0.411. The van der Waals surface area contributed by atoms with Crippen LogP contribution in [0.4, 0.5) is 0 Å². The van der Waals surface area contributed by atoms with Crippen molar-refractivity contribution in [1.82, 2.24) is 9.88 Å². The zero-order valence-corrected chi connectivity index (χ0v) is 13.2. The van der Waals surface area contributed by atoms with Crippen molar-refractivity contribution in [3.8, 4) is 0 Å². The largest absolute Gasteiger partial charge is 0.378 e. The lowest BCUT2D eigenvalue weighted by Gasteiger charge is -2.16. The zero-order valence-electron chi connectivity index (χ0n) is 11.6. The first kappa shape index (κ1) is 14.6. The van der Waals surface area contributed by atoms with Crippen LogP contribution in [0.25, 0.3) is 0 Å². The van der Waals surface area contributed by atoms with Crippen LogP contribution in [-0.2, 0) is 4.74 Å². The smallest absolute Gasteiger partial charge is 0.267 e. The van der Waals surface area contributed by atoms with Crippen molar-refractivity contribution in [3.05, 3.63) is 22.4 Å². The van der Waals surface area contributed by atoms with Crippen LogP contribution >= 0.6 is 15.9 Å². The SMILES string of the molecule is CC1OCCC1CNC(=O)c1cc(Br)cn1C(C)C. The predicted octanol–water partition coefficient (Wildman–Crippen LogP) is 2.99. The lowest BCUT2D eigenvalue weighted by Crippen LogP contribution is -2.33. The van der Waals surface area contributed by atoms with Gasteiger partial charge in [0.2, 0.25) is 0 Å². The number of aromatic nitrogens is 1. The Hall–Kier alpha value is -0.810. The number of hydrogen-bond donors (Lipinski definition) is 1. The molecular weight excluding hydrogens is 308 g/mol. The molecule has 0 spiro atoms. The van der Waals surface area contributed by atoms with E-state index in [2.05, 4.69) is 42.0 Å². The third-order valence-corrected chi connectivity index (χ3v) is 4.10. The molecule has 2 rings (SSSR count). The van der Waals surface area contributed by atoms with Crippen LogP contribution in [0, 0.1) is 5.92 Å².